The van der Waals surface area contributed by atoms with Crippen LogP contribution in [0, 0.1) is 34.5 Å². The summed E-state index contributed by atoms with van der Waals surface area (Å²) in [5, 5.41) is 11.7. The Labute approximate surface area is 149 Å². The number of nitriles is 1. The lowest BCUT2D eigenvalue weighted by atomic mass is 9.49. The van der Waals surface area contributed by atoms with Crippen molar-refractivity contribution in [3.05, 3.63) is 24.3 Å². The number of amides is 1. The van der Waals surface area contributed by atoms with Crippen LogP contribution in [0.4, 0.5) is 5.69 Å². The molecule has 4 saturated carbocycles. The highest BCUT2D eigenvalue weighted by molar-refractivity contribution is 5.95. The Bertz CT molecular complexity index is 656. The number of nitrogens with one attached hydrogen (secondary N) is 1. The number of ether oxygens (including phenoxy) is 1. The van der Waals surface area contributed by atoms with Crippen LogP contribution in [0.2, 0.25) is 0 Å². The van der Waals surface area contributed by atoms with Crippen molar-refractivity contribution < 1.29 is 9.53 Å². The molecule has 5 rings (SSSR count). The largest absolute Gasteiger partial charge is 0.493 e. The van der Waals surface area contributed by atoms with Gasteiger partial charge in [-0.1, -0.05) is 6.07 Å². The van der Waals surface area contributed by atoms with Crippen LogP contribution in [0.15, 0.2) is 24.3 Å². The van der Waals surface area contributed by atoms with Gasteiger partial charge in [0.2, 0.25) is 5.91 Å². The summed E-state index contributed by atoms with van der Waals surface area (Å²) in [4.78, 5) is 13.1. The lowest BCUT2D eigenvalue weighted by Crippen LogP contribution is -2.51. The van der Waals surface area contributed by atoms with Gasteiger partial charge in [-0.15, -0.1) is 0 Å². The lowest BCUT2D eigenvalue weighted by molar-refractivity contribution is -0.140. The quantitative estimate of drug-likeness (QED) is 0.776. The molecule has 0 unspecified atom stereocenters. The third-order valence-corrected chi connectivity index (χ3v) is 6.31. The molecule has 0 radical (unpaired) electrons. The first kappa shape index (κ1) is 16.4. The van der Waals surface area contributed by atoms with Crippen LogP contribution in [0.1, 0.15) is 51.4 Å². The van der Waals surface area contributed by atoms with Gasteiger partial charge in [0.15, 0.2) is 0 Å². The van der Waals surface area contributed by atoms with E-state index in [4.69, 9.17) is 10.00 Å². The monoisotopic (exact) mass is 338 g/mol. The van der Waals surface area contributed by atoms with Crippen LogP contribution in [0.25, 0.3) is 0 Å². The molecule has 1 N–H and O–H groups in total. The number of carbonyl (C=O) groups is 1. The van der Waals surface area contributed by atoms with E-state index in [1.807, 2.05) is 24.3 Å². The number of hydrogen-bond acceptors (Lipinski definition) is 3. The zero-order valence-electron chi connectivity index (χ0n) is 14.7. The molecule has 0 aromatic heterocycles. The smallest absolute Gasteiger partial charge is 0.230 e. The van der Waals surface area contributed by atoms with E-state index in [-0.39, 0.29) is 11.3 Å². The van der Waals surface area contributed by atoms with Crippen molar-refractivity contribution in [1.29, 1.82) is 5.26 Å². The third-order valence-electron chi connectivity index (χ3n) is 6.31. The number of unbranched alkanes of at least 4 members (excludes halogenated alkanes) is 1. The maximum atomic E-state index is 13.1. The normalized spacial score (nSPS) is 32.2. The highest BCUT2D eigenvalue weighted by Crippen LogP contribution is 2.60. The molecular weight excluding hydrogens is 312 g/mol. The van der Waals surface area contributed by atoms with Crippen LogP contribution < -0.4 is 10.1 Å². The molecule has 25 heavy (non-hydrogen) atoms. The summed E-state index contributed by atoms with van der Waals surface area (Å²) in [6.07, 6.45) is 8.50. The van der Waals surface area contributed by atoms with E-state index in [1.165, 1.54) is 19.3 Å². The molecule has 4 bridgehead atoms. The minimum atomic E-state index is -0.127. The van der Waals surface area contributed by atoms with Crippen molar-refractivity contribution in [3.63, 3.8) is 0 Å². The zero-order valence-corrected chi connectivity index (χ0v) is 14.7. The van der Waals surface area contributed by atoms with Crippen LogP contribution in [-0.2, 0) is 4.79 Å². The molecule has 4 nitrogen and oxygen atoms in total. The molecule has 1 aromatic rings. The van der Waals surface area contributed by atoms with Gasteiger partial charge in [-0.3, -0.25) is 4.79 Å². The summed E-state index contributed by atoms with van der Waals surface area (Å²) in [6, 6.07) is 9.75. The fraction of sp³-hybridized carbons (Fsp3) is 0.619. The van der Waals surface area contributed by atoms with Gasteiger partial charge in [0, 0.05) is 18.2 Å². The molecule has 4 aliphatic carbocycles. The van der Waals surface area contributed by atoms with Crippen molar-refractivity contribution in [1.82, 2.24) is 0 Å². The molecule has 1 aromatic carbocycles. The van der Waals surface area contributed by atoms with Gasteiger partial charge in [0.25, 0.3) is 0 Å². The summed E-state index contributed by atoms with van der Waals surface area (Å²) in [5.41, 5.74) is 0.692. The van der Waals surface area contributed by atoms with Crippen molar-refractivity contribution in [2.75, 3.05) is 11.9 Å². The van der Waals surface area contributed by atoms with Crippen molar-refractivity contribution in [2.45, 2.75) is 51.4 Å². The minimum absolute atomic E-state index is 0.127. The van der Waals surface area contributed by atoms with Gasteiger partial charge >= 0.3 is 0 Å². The molecule has 4 heteroatoms. The van der Waals surface area contributed by atoms with Crippen LogP contribution in [0.3, 0.4) is 0 Å². The molecule has 0 spiro atoms. The van der Waals surface area contributed by atoms with E-state index < -0.39 is 0 Å². The lowest BCUT2D eigenvalue weighted by Gasteiger charge is -2.55. The molecular formula is C21H26N2O2. The summed E-state index contributed by atoms with van der Waals surface area (Å²) in [6.45, 7) is 0.528. The topological polar surface area (TPSA) is 62.1 Å². The Morgan fingerprint density at radius 1 is 1.20 bits per heavy atom. The van der Waals surface area contributed by atoms with Gasteiger partial charge in [0.05, 0.1) is 18.1 Å². The van der Waals surface area contributed by atoms with Gasteiger partial charge in [-0.2, -0.15) is 5.26 Å². The first-order valence-electron chi connectivity index (χ1n) is 9.58. The second kappa shape index (κ2) is 6.71. The second-order valence-corrected chi connectivity index (χ2v) is 8.29. The molecule has 0 heterocycles. The number of hydrogen-bond donors (Lipinski definition) is 1. The van der Waals surface area contributed by atoms with Crippen LogP contribution in [0.5, 0.6) is 5.75 Å². The SMILES string of the molecule is N#CCCCOc1cccc(NC(=O)C23CC4CC(CC(C4)C2)C3)c1. The average Bonchev–Trinajstić information content (AvgIpc) is 2.58. The van der Waals surface area contributed by atoms with E-state index in [2.05, 4.69) is 11.4 Å². The first-order chi connectivity index (χ1) is 12.2. The molecule has 0 atom stereocenters. The highest BCUT2D eigenvalue weighted by atomic mass is 16.5. The Morgan fingerprint density at radius 2 is 1.88 bits per heavy atom. The number of carbonyl (C=O) groups excluding carboxylic acids is 1. The maximum Gasteiger partial charge on any atom is 0.230 e. The molecule has 4 fully saturated rings. The number of anilines is 1. The minimum Gasteiger partial charge on any atom is -0.493 e. The summed E-state index contributed by atoms with van der Waals surface area (Å²) in [7, 11) is 0. The number of nitrogens with zero attached hydrogens (tertiary/aromatic N) is 1. The summed E-state index contributed by atoms with van der Waals surface area (Å²) >= 11 is 0. The maximum absolute atomic E-state index is 13.1. The van der Waals surface area contributed by atoms with E-state index in [0.29, 0.717) is 13.0 Å². The Balaban J connectivity index is 1.40. The van der Waals surface area contributed by atoms with Gasteiger partial charge in [-0.25, -0.2) is 0 Å². The van der Waals surface area contributed by atoms with E-state index in [1.54, 1.807) is 0 Å². The van der Waals surface area contributed by atoms with E-state index in [9.17, 15) is 4.79 Å². The highest BCUT2D eigenvalue weighted by Gasteiger charge is 2.54. The van der Waals surface area contributed by atoms with E-state index >= 15 is 0 Å². The molecule has 1 amide bonds. The fourth-order valence-electron chi connectivity index (χ4n) is 5.66. The Hall–Kier alpha value is -2.02. The van der Waals surface area contributed by atoms with Gasteiger partial charge in [-0.05, 0) is 74.8 Å². The van der Waals surface area contributed by atoms with E-state index in [0.717, 1.165) is 54.9 Å². The zero-order chi connectivity index (χ0) is 17.3. The molecule has 4 aliphatic rings. The number of benzene rings is 1. The molecule has 132 valence electrons. The van der Waals surface area contributed by atoms with Crippen LogP contribution >= 0.6 is 0 Å². The van der Waals surface area contributed by atoms with Gasteiger partial charge < -0.3 is 10.1 Å². The summed E-state index contributed by atoms with van der Waals surface area (Å²) in [5.74, 6) is 3.28. The van der Waals surface area contributed by atoms with Crippen molar-refractivity contribution >= 4 is 11.6 Å². The van der Waals surface area contributed by atoms with Crippen LogP contribution in [-0.4, -0.2) is 12.5 Å². The predicted molar refractivity (Wildman–Crippen MR) is 96.0 cm³/mol. The predicted octanol–water partition coefficient (Wildman–Crippen LogP) is 4.52. The Morgan fingerprint density at radius 3 is 2.52 bits per heavy atom. The number of rotatable bonds is 6. The standard InChI is InChI=1S/C21H26N2O2/c22-6-1-2-7-25-19-5-3-4-18(11-19)23-20(24)21-12-15-8-16(13-21)10-17(9-15)14-21/h3-5,11,15-17H,1-2,7-10,12-14H2,(H,23,24). The summed E-state index contributed by atoms with van der Waals surface area (Å²) < 4.78 is 5.68. The molecule has 0 saturated heterocycles. The third kappa shape index (κ3) is 3.38. The van der Waals surface area contributed by atoms with Crippen molar-refractivity contribution in [3.8, 4) is 11.8 Å². The Kier molecular flexibility index (Phi) is 4.41. The fourth-order valence-corrected chi connectivity index (χ4v) is 5.66. The average molecular weight is 338 g/mol. The second-order valence-electron chi connectivity index (χ2n) is 8.29. The molecule has 0 aliphatic heterocycles. The van der Waals surface area contributed by atoms with Crippen molar-refractivity contribution in [2.24, 2.45) is 23.2 Å². The van der Waals surface area contributed by atoms with Gasteiger partial charge in [0.1, 0.15) is 5.75 Å². The first-order valence-corrected chi connectivity index (χ1v) is 9.58.